The first kappa shape index (κ1) is 25.5. The Morgan fingerprint density at radius 1 is 1.44 bits per heavy atom. The van der Waals surface area contributed by atoms with E-state index >= 15 is 0 Å². The minimum absolute atomic E-state index is 0.113. The molecule has 1 aromatic rings. The van der Waals surface area contributed by atoms with Crippen LogP contribution >= 0.6 is 0 Å². The van der Waals surface area contributed by atoms with E-state index in [0.717, 1.165) is 4.31 Å². The zero-order valence-electron chi connectivity index (χ0n) is 18.7. The molecule has 1 aliphatic heterocycles. The number of nitro benzene ring substituents is 1. The number of amides is 1. The number of nitro groups is 1. The monoisotopic (exact) mass is 471 g/mol. The van der Waals surface area contributed by atoms with Gasteiger partial charge >= 0.3 is 6.09 Å². The number of guanidine groups is 1. The van der Waals surface area contributed by atoms with Crippen LogP contribution in [-0.2, 0) is 26.7 Å². The SMILES string of the molecule is CN1C(N(N)C(=O)OC(C)(C)C)=N[C@](C)(c2cc([N+](=O)[O-])ccc2CCCO)CS1(=O)=O. The standard InChI is InChI=1S/C19H29N5O7S/c1-18(2,3)31-17(26)23(20)16-21-19(4,12-32(29,30)22(16)5)15-11-14(24(27)28)9-8-13(15)7-6-10-25/h8-9,11,25H,6-7,10,12,20H2,1-5H3/t19-/m0/s1. The number of hydrogen-bond acceptors (Lipinski definition) is 9. The number of carbonyl (C=O) groups is 1. The van der Waals surface area contributed by atoms with Crippen molar-refractivity contribution < 1.29 is 28.0 Å². The number of hydrazine groups is 1. The maximum Gasteiger partial charge on any atom is 0.431 e. The highest BCUT2D eigenvalue weighted by atomic mass is 32.2. The molecule has 1 heterocycles. The summed E-state index contributed by atoms with van der Waals surface area (Å²) >= 11 is 0. The van der Waals surface area contributed by atoms with Gasteiger partial charge in [-0.05, 0) is 51.7 Å². The molecule has 0 saturated carbocycles. The first-order valence-electron chi connectivity index (χ1n) is 9.84. The molecule has 0 fully saturated rings. The Hall–Kier alpha value is -2.77. The van der Waals surface area contributed by atoms with E-state index in [4.69, 9.17) is 10.6 Å². The number of aryl methyl sites for hydroxylation is 1. The van der Waals surface area contributed by atoms with Crippen molar-refractivity contribution in [2.24, 2.45) is 10.8 Å². The molecule has 3 N–H and O–H groups in total. The van der Waals surface area contributed by atoms with Gasteiger partial charge < -0.3 is 9.84 Å². The third kappa shape index (κ3) is 5.53. The van der Waals surface area contributed by atoms with E-state index in [9.17, 15) is 28.4 Å². The Morgan fingerprint density at radius 3 is 2.59 bits per heavy atom. The van der Waals surface area contributed by atoms with Crippen LogP contribution in [0.15, 0.2) is 23.2 Å². The predicted octanol–water partition coefficient (Wildman–Crippen LogP) is 1.48. The fourth-order valence-electron chi connectivity index (χ4n) is 3.30. The van der Waals surface area contributed by atoms with E-state index < -0.39 is 37.9 Å². The molecule has 12 nitrogen and oxygen atoms in total. The summed E-state index contributed by atoms with van der Waals surface area (Å²) in [5, 5.41) is 21.1. The van der Waals surface area contributed by atoms with Gasteiger partial charge in [-0.25, -0.2) is 28.4 Å². The normalized spacial score (nSPS) is 20.5. The van der Waals surface area contributed by atoms with Gasteiger partial charge in [0.2, 0.25) is 16.0 Å². The lowest BCUT2D eigenvalue weighted by atomic mass is 9.88. The summed E-state index contributed by atoms with van der Waals surface area (Å²) in [6, 6.07) is 4.09. The van der Waals surface area contributed by atoms with Crippen LogP contribution in [0.5, 0.6) is 0 Å². The molecular formula is C19H29N5O7S. The number of benzene rings is 1. The molecule has 0 saturated heterocycles. The molecule has 32 heavy (non-hydrogen) atoms. The van der Waals surface area contributed by atoms with E-state index in [-0.39, 0.29) is 18.3 Å². The number of ether oxygens (including phenoxy) is 1. The second-order valence-corrected chi connectivity index (χ2v) is 10.7. The average molecular weight is 472 g/mol. The summed E-state index contributed by atoms with van der Waals surface area (Å²) < 4.78 is 31.9. The third-order valence-electron chi connectivity index (χ3n) is 4.80. The fourth-order valence-corrected chi connectivity index (χ4v) is 4.80. The number of carbonyl (C=O) groups excluding carboxylic acids is 1. The molecule has 1 aliphatic rings. The number of sulfonamides is 1. The number of aliphatic hydroxyl groups excluding tert-OH is 1. The van der Waals surface area contributed by atoms with E-state index in [1.54, 1.807) is 20.8 Å². The van der Waals surface area contributed by atoms with Gasteiger partial charge in [-0.1, -0.05) is 6.07 Å². The van der Waals surface area contributed by atoms with E-state index in [2.05, 4.69) is 4.99 Å². The van der Waals surface area contributed by atoms with Gasteiger partial charge in [0, 0.05) is 25.8 Å². The Kier molecular flexibility index (Phi) is 7.17. The first-order valence-corrected chi connectivity index (χ1v) is 11.4. The lowest BCUT2D eigenvalue weighted by Crippen LogP contribution is -2.58. The highest BCUT2D eigenvalue weighted by Gasteiger charge is 2.45. The highest BCUT2D eigenvalue weighted by molar-refractivity contribution is 7.89. The number of hydrogen-bond donors (Lipinski definition) is 2. The summed E-state index contributed by atoms with van der Waals surface area (Å²) in [6.07, 6.45) is -0.300. The van der Waals surface area contributed by atoms with Gasteiger partial charge in [-0.15, -0.1) is 0 Å². The van der Waals surface area contributed by atoms with Gasteiger partial charge in [0.25, 0.3) is 5.69 Å². The zero-order chi connectivity index (χ0) is 24.5. The number of nitrogens with two attached hydrogens (primary N) is 1. The van der Waals surface area contributed by atoms with Gasteiger partial charge in [0.05, 0.1) is 10.7 Å². The molecule has 0 aliphatic carbocycles. The van der Waals surface area contributed by atoms with Crippen molar-refractivity contribution in [3.8, 4) is 0 Å². The summed E-state index contributed by atoms with van der Waals surface area (Å²) in [4.78, 5) is 27.7. The smallest absolute Gasteiger partial charge is 0.431 e. The quantitative estimate of drug-likeness (QED) is 0.281. The van der Waals surface area contributed by atoms with Crippen LogP contribution in [0, 0.1) is 10.1 Å². The molecule has 0 bridgehead atoms. The van der Waals surface area contributed by atoms with Crippen molar-refractivity contribution in [1.29, 1.82) is 0 Å². The summed E-state index contributed by atoms with van der Waals surface area (Å²) in [6.45, 7) is 6.27. The molecule has 13 heteroatoms. The zero-order valence-corrected chi connectivity index (χ0v) is 19.5. The molecule has 0 unspecified atom stereocenters. The molecule has 2 rings (SSSR count). The largest absolute Gasteiger partial charge is 0.442 e. The minimum atomic E-state index is -4.01. The van der Waals surface area contributed by atoms with Crippen LogP contribution in [0.3, 0.4) is 0 Å². The van der Waals surface area contributed by atoms with Crippen LogP contribution < -0.4 is 5.84 Å². The fraction of sp³-hybridized carbons (Fsp3) is 0.579. The molecule has 1 amide bonds. The van der Waals surface area contributed by atoms with Crippen LogP contribution in [-0.4, -0.2) is 64.8 Å². The van der Waals surface area contributed by atoms with Gasteiger partial charge in [0.15, 0.2) is 0 Å². The van der Waals surface area contributed by atoms with Gasteiger partial charge in [0.1, 0.15) is 11.1 Å². The number of aliphatic hydroxyl groups is 1. The van der Waals surface area contributed by atoms with Crippen molar-refractivity contribution in [3.05, 3.63) is 39.4 Å². The van der Waals surface area contributed by atoms with Crippen molar-refractivity contribution in [1.82, 2.24) is 9.31 Å². The maximum absolute atomic E-state index is 13.0. The number of aliphatic imine (C=N–C) groups is 1. The Balaban J connectivity index is 2.67. The maximum atomic E-state index is 13.0. The van der Waals surface area contributed by atoms with Crippen LogP contribution in [0.1, 0.15) is 45.2 Å². The summed E-state index contributed by atoms with van der Waals surface area (Å²) in [5.74, 6) is 5.00. The molecule has 1 atom stereocenters. The summed E-state index contributed by atoms with van der Waals surface area (Å²) in [7, 11) is -2.80. The Bertz CT molecular complexity index is 1030. The lowest BCUT2D eigenvalue weighted by Gasteiger charge is -2.38. The highest BCUT2D eigenvalue weighted by Crippen LogP contribution is 2.37. The Morgan fingerprint density at radius 2 is 2.06 bits per heavy atom. The molecule has 0 radical (unpaired) electrons. The second-order valence-electron chi connectivity index (χ2n) is 8.69. The first-order chi connectivity index (χ1) is 14.6. The number of rotatable bonds is 5. The summed E-state index contributed by atoms with van der Waals surface area (Å²) in [5.41, 5.74) is -1.72. The van der Waals surface area contributed by atoms with Crippen molar-refractivity contribution in [3.63, 3.8) is 0 Å². The molecule has 1 aromatic carbocycles. The van der Waals surface area contributed by atoms with E-state index in [1.165, 1.54) is 32.2 Å². The van der Waals surface area contributed by atoms with Gasteiger partial charge in [-0.3, -0.25) is 10.1 Å². The van der Waals surface area contributed by atoms with Crippen LogP contribution in [0.4, 0.5) is 10.5 Å². The Labute approximate surface area is 186 Å². The second kappa shape index (κ2) is 9.00. The third-order valence-corrected chi connectivity index (χ3v) is 6.73. The van der Waals surface area contributed by atoms with Crippen molar-refractivity contribution in [2.75, 3.05) is 19.4 Å². The van der Waals surface area contributed by atoms with Crippen LogP contribution in [0.2, 0.25) is 0 Å². The van der Waals surface area contributed by atoms with Gasteiger partial charge in [-0.2, -0.15) is 5.01 Å². The topological polar surface area (TPSA) is 169 Å². The van der Waals surface area contributed by atoms with Crippen molar-refractivity contribution in [2.45, 2.75) is 51.7 Å². The average Bonchev–Trinajstić information content (AvgIpc) is 2.66. The lowest BCUT2D eigenvalue weighted by molar-refractivity contribution is -0.385. The number of non-ortho nitro benzene ring substituents is 1. The molecule has 0 aromatic heterocycles. The minimum Gasteiger partial charge on any atom is -0.442 e. The van der Waals surface area contributed by atoms with E-state index in [0.29, 0.717) is 29.0 Å². The molecule has 178 valence electrons. The number of nitrogens with zero attached hydrogens (tertiary/aromatic N) is 4. The molecular weight excluding hydrogens is 442 g/mol. The molecule has 0 spiro atoms. The van der Waals surface area contributed by atoms with Crippen molar-refractivity contribution >= 4 is 27.8 Å². The predicted molar refractivity (Wildman–Crippen MR) is 117 cm³/mol. The van der Waals surface area contributed by atoms with Crippen LogP contribution in [0.25, 0.3) is 0 Å². The van der Waals surface area contributed by atoms with E-state index in [1.807, 2.05) is 0 Å².